The first-order chi connectivity index (χ1) is 9.44. The van der Waals surface area contributed by atoms with Gasteiger partial charge in [-0.15, -0.1) is 0 Å². The van der Waals surface area contributed by atoms with E-state index in [9.17, 15) is 9.90 Å². The molecule has 0 aromatic heterocycles. The molecule has 0 amide bonds. The highest BCUT2D eigenvalue weighted by Gasteiger charge is 2.51. The second kappa shape index (κ2) is 5.17. The van der Waals surface area contributed by atoms with Crippen molar-refractivity contribution in [3.63, 3.8) is 0 Å². The first kappa shape index (κ1) is 14.4. The summed E-state index contributed by atoms with van der Waals surface area (Å²) in [7, 11) is 1.53. The highest BCUT2D eigenvalue weighted by molar-refractivity contribution is 5.81. The van der Waals surface area contributed by atoms with Crippen LogP contribution in [0, 0.1) is 5.41 Å². The van der Waals surface area contributed by atoms with Gasteiger partial charge in [-0.3, -0.25) is 4.79 Å². The molecule has 1 aromatic carbocycles. The third-order valence-corrected chi connectivity index (χ3v) is 3.57. The van der Waals surface area contributed by atoms with Gasteiger partial charge in [0.05, 0.1) is 13.7 Å². The number of hydrogen-bond donors (Lipinski definition) is 1. The number of methoxy groups -OCH3 is 1. The van der Waals surface area contributed by atoms with Gasteiger partial charge in [-0.05, 0) is 32.0 Å². The highest BCUT2D eigenvalue weighted by Crippen LogP contribution is 2.49. The normalized spacial score (nSPS) is 24.6. The van der Waals surface area contributed by atoms with Gasteiger partial charge in [0.1, 0.15) is 23.4 Å². The zero-order valence-corrected chi connectivity index (χ0v) is 11.8. The Morgan fingerprint density at radius 3 is 2.85 bits per heavy atom. The van der Waals surface area contributed by atoms with E-state index in [0.717, 1.165) is 0 Å². The van der Waals surface area contributed by atoms with E-state index in [0.29, 0.717) is 17.1 Å². The van der Waals surface area contributed by atoms with Crippen LogP contribution in [-0.2, 0) is 9.53 Å². The summed E-state index contributed by atoms with van der Waals surface area (Å²) in [6.07, 6.45) is -1.10. The lowest BCUT2D eigenvalue weighted by atomic mass is 9.77. The van der Waals surface area contributed by atoms with Gasteiger partial charge >= 0.3 is 5.97 Å². The fraction of sp³-hybridized carbons (Fsp3) is 0.400. The molecule has 0 aliphatic carbocycles. The molecule has 1 heterocycles. The fourth-order valence-corrected chi connectivity index (χ4v) is 2.17. The lowest BCUT2D eigenvalue weighted by molar-refractivity contribution is -0.161. The van der Waals surface area contributed by atoms with E-state index < -0.39 is 17.5 Å². The highest BCUT2D eigenvalue weighted by atomic mass is 16.5. The summed E-state index contributed by atoms with van der Waals surface area (Å²) in [6, 6.07) is 5.03. The molecule has 0 saturated carbocycles. The monoisotopic (exact) mass is 278 g/mol. The molecule has 20 heavy (non-hydrogen) atoms. The van der Waals surface area contributed by atoms with Gasteiger partial charge in [0.15, 0.2) is 5.41 Å². The van der Waals surface area contributed by atoms with Crippen molar-refractivity contribution in [1.82, 2.24) is 0 Å². The van der Waals surface area contributed by atoms with Gasteiger partial charge in [0.25, 0.3) is 0 Å². The van der Waals surface area contributed by atoms with Crippen LogP contribution < -0.4 is 9.47 Å². The Balaban J connectivity index is 2.48. The molecule has 0 saturated heterocycles. The van der Waals surface area contributed by atoms with Crippen LogP contribution in [0.2, 0.25) is 0 Å². The molecule has 0 fully saturated rings. The summed E-state index contributed by atoms with van der Waals surface area (Å²) in [5.74, 6) is 0.641. The second-order valence-corrected chi connectivity index (χ2v) is 4.75. The van der Waals surface area contributed by atoms with Crippen LogP contribution in [0.4, 0.5) is 0 Å². The van der Waals surface area contributed by atoms with Crippen LogP contribution in [0.1, 0.15) is 25.5 Å². The molecule has 0 radical (unpaired) electrons. The van der Waals surface area contributed by atoms with Crippen LogP contribution in [0.3, 0.4) is 0 Å². The summed E-state index contributed by atoms with van der Waals surface area (Å²) >= 11 is 0. The van der Waals surface area contributed by atoms with E-state index in [1.165, 1.54) is 7.11 Å². The van der Waals surface area contributed by atoms with Crippen molar-refractivity contribution >= 4 is 5.97 Å². The van der Waals surface area contributed by atoms with E-state index in [2.05, 4.69) is 6.58 Å². The molecule has 5 nitrogen and oxygen atoms in total. The predicted molar refractivity (Wildman–Crippen MR) is 72.5 cm³/mol. The molecule has 2 unspecified atom stereocenters. The average Bonchev–Trinajstić information content (AvgIpc) is 2.45. The maximum Gasteiger partial charge on any atom is 0.322 e. The molecule has 5 heteroatoms. The maximum absolute atomic E-state index is 12.2. The predicted octanol–water partition coefficient (Wildman–Crippen LogP) is 2.20. The maximum atomic E-state index is 12.2. The number of carbonyl (C=O) groups is 1. The lowest BCUT2D eigenvalue weighted by Crippen LogP contribution is -2.42. The minimum absolute atomic E-state index is 0.168. The summed E-state index contributed by atoms with van der Waals surface area (Å²) < 4.78 is 15.7. The van der Waals surface area contributed by atoms with Gasteiger partial charge in [0, 0.05) is 5.56 Å². The molecule has 2 atom stereocenters. The fourth-order valence-electron chi connectivity index (χ4n) is 2.17. The molecule has 1 aliphatic rings. The van der Waals surface area contributed by atoms with E-state index in [1.807, 2.05) is 0 Å². The third kappa shape index (κ3) is 2.04. The summed E-state index contributed by atoms with van der Waals surface area (Å²) in [6.45, 7) is 7.23. The van der Waals surface area contributed by atoms with Crippen molar-refractivity contribution in [3.8, 4) is 11.5 Å². The quantitative estimate of drug-likeness (QED) is 0.859. The molecule has 1 N–H and O–H groups in total. The van der Waals surface area contributed by atoms with Crippen molar-refractivity contribution in [2.24, 2.45) is 5.41 Å². The van der Waals surface area contributed by atoms with Gasteiger partial charge in [-0.1, -0.05) is 6.58 Å². The van der Waals surface area contributed by atoms with Crippen molar-refractivity contribution in [2.75, 3.05) is 13.7 Å². The van der Waals surface area contributed by atoms with Crippen LogP contribution in [0.15, 0.2) is 30.5 Å². The van der Waals surface area contributed by atoms with Gasteiger partial charge in [-0.25, -0.2) is 0 Å². The Morgan fingerprint density at radius 1 is 1.55 bits per heavy atom. The molecular formula is C15H18O5. The topological polar surface area (TPSA) is 65.0 Å². The van der Waals surface area contributed by atoms with Crippen LogP contribution >= 0.6 is 0 Å². The van der Waals surface area contributed by atoms with Crippen LogP contribution in [0.25, 0.3) is 0 Å². The Kier molecular flexibility index (Phi) is 3.72. The lowest BCUT2D eigenvalue weighted by Gasteiger charge is -2.38. The Morgan fingerprint density at radius 2 is 2.25 bits per heavy atom. The number of aliphatic hydroxyl groups excluding tert-OH is 1. The number of aliphatic hydroxyl groups is 1. The molecule has 0 bridgehead atoms. The number of benzene rings is 1. The number of ether oxygens (including phenoxy) is 3. The number of fused-ring (bicyclic) bond motifs is 1. The van der Waals surface area contributed by atoms with Crippen molar-refractivity contribution in [3.05, 3.63) is 36.1 Å². The van der Waals surface area contributed by atoms with Crippen molar-refractivity contribution in [1.29, 1.82) is 0 Å². The zero-order chi connectivity index (χ0) is 14.9. The average molecular weight is 278 g/mol. The summed E-state index contributed by atoms with van der Waals surface area (Å²) in [4.78, 5) is 12.2. The van der Waals surface area contributed by atoms with Gasteiger partial charge in [0.2, 0.25) is 0 Å². The van der Waals surface area contributed by atoms with Crippen molar-refractivity contribution in [2.45, 2.75) is 20.0 Å². The number of esters is 1. The van der Waals surface area contributed by atoms with Gasteiger partial charge < -0.3 is 19.3 Å². The molecule has 1 aromatic rings. The zero-order valence-electron chi connectivity index (χ0n) is 11.8. The third-order valence-electron chi connectivity index (χ3n) is 3.57. The minimum Gasteiger partial charge on any atom is -0.497 e. The number of carbonyl (C=O) groups excluding carboxylic acids is 1. The first-order valence-corrected chi connectivity index (χ1v) is 6.35. The second-order valence-electron chi connectivity index (χ2n) is 4.75. The minimum atomic E-state index is -1.34. The molecule has 0 spiro atoms. The van der Waals surface area contributed by atoms with E-state index in [1.54, 1.807) is 32.0 Å². The molecule has 108 valence electrons. The molecule has 1 aliphatic heterocycles. The Hall–Kier alpha value is -2.01. The molecule has 2 rings (SSSR count). The Bertz CT molecular complexity index is 551. The van der Waals surface area contributed by atoms with E-state index >= 15 is 0 Å². The van der Waals surface area contributed by atoms with Gasteiger partial charge in [-0.2, -0.15) is 0 Å². The SMILES string of the molecule is C=C1Oc2ccc(OC)cc2C(O)C1(C)C(=O)OCC. The summed E-state index contributed by atoms with van der Waals surface area (Å²) in [5, 5.41) is 10.6. The Labute approximate surface area is 117 Å². The summed E-state index contributed by atoms with van der Waals surface area (Å²) in [5.41, 5.74) is -0.859. The molecular weight excluding hydrogens is 260 g/mol. The largest absolute Gasteiger partial charge is 0.497 e. The number of rotatable bonds is 3. The van der Waals surface area contributed by atoms with E-state index in [4.69, 9.17) is 14.2 Å². The van der Waals surface area contributed by atoms with Crippen LogP contribution in [-0.4, -0.2) is 24.8 Å². The number of hydrogen-bond acceptors (Lipinski definition) is 5. The smallest absolute Gasteiger partial charge is 0.322 e. The first-order valence-electron chi connectivity index (χ1n) is 6.35. The van der Waals surface area contributed by atoms with E-state index in [-0.39, 0.29) is 12.4 Å². The van der Waals surface area contributed by atoms with Crippen LogP contribution in [0.5, 0.6) is 11.5 Å². The standard InChI is InChI=1S/C15H18O5/c1-5-19-14(17)15(3)9(2)20-12-7-6-10(18-4)8-11(12)13(15)16/h6-8,13,16H,2,5H2,1,3-4H3. The van der Waals surface area contributed by atoms with Crippen molar-refractivity contribution < 1.29 is 24.1 Å².